The predicted octanol–water partition coefficient (Wildman–Crippen LogP) is 6.06. The number of nitrogens with zero attached hydrogens (tertiary/aromatic N) is 5. The molecule has 2 aromatic carbocycles. The lowest BCUT2D eigenvalue weighted by atomic mass is 9.88. The number of anilines is 2. The molecule has 38 heavy (non-hydrogen) atoms. The molecule has 1 atom stereocenters. The third kappa shape index (κ3) is 5.10. The van der Waals surface area contributed by atoms with E-state index in [0.717, 1.165) is 58.9 Å². The van der Waals surface area contributed by atoms with E-state index in [-0.39, 0.29) is 18.0 Å². The Labute approximate surface area is 224 Å². The molecule has 2 aromatic heterocycles. The number of aliphatic hydroxyl groups is 1. The number of aromatic nitrogens is 4. The van der Waals surface area contributed by atoms with Crippen LogP contribution in [0.3, 0.4) is 0 Å². The maximum atomic E-state index is 14.1. The molecular formula is C28H29ClF2N6O. The molecule has 1 saturated carbocycles. The molecule has 2 fully saturated rings. The van der Waals surface area contributed by atoms with Crippen molar-refractivity contribution in [2.24, 2.45) is 0 Å². The molecule has 2 aliphatic rings. The lowest BCUT2D eigenvalue weighted by Gasteiger charge is -2.33. The lowest BCUT2D eigenvalue weighted by molar-refractivity contribution is 0.0945. The highest BCUT2D eigenvalue weighted by Gasteiger charge is 2.27. The molecule has 10 heteroatoms. The van der Waals surface area contributed by atoms with Gasteiger partial charge in [-0.15, -0.1) is 0 Å². The zero-order valence-corrected chi connectivity index (χ0v) is 21.8. The highest BCUT2D eigenvalue weighted by atomic mass is 35.5. The van der Waals surface area contributed by atoms with Gasteiger partial charge in [0.1, 0.15) is 11.6 Å². The van der Waals surface area contributed by atoms with Crippen LogP contribution in [0.5, 0.6) is 0 Å². The van der Waals surface area contributed by atoms with E-state index < -0.39 is 17.7 Å². The van der Waals surface area contributed by atoms with Gasteiger partial charge in [-0.3, -0.25) is 4.68 Å². The number of β-amino-alcohol motifs (C(OH)–C–C–N with tert-alkyl or cyclic N) is 1. The minimum Gasteiger partial charge on any atom is -0.387 e. The van der Waals surface area contributed by atoms with Gasteiger partial charge in [-0.25, -0.2) is 18.7 Å². The second kappa shape index (κ2) is 10.2. The van der Waals surface area contributed by atoms with Gasteiger partial charge in [0.05, 0.1) is 35.2 Å². The number of hydrogen-bond donors (Lipinski definition) is 2. The fourth-order valence-electron chi connectivity index (χ4n) is 5.33. The zero-order valence-electron chi connectivity index (χ0n) is 21.0. The topological polar surface area (TPSA) is 79.1 Å². The number of hydrogen-bond acceptors (Lipinski definition) is 6. The highest BCUT2D eigenvalue weighted by molar-refractivity contribution is 6.32. The zero-order chi connectivity index (χ0) is 26.4. The molecular weight excluding hydrogens is 510 g/mol. The number of rotatable bonds is 7. The van der Waals surface area contributed by atoms with E-state index in [1.165, 1.54) is 12.8 Å². The summed E-state index contributed by atoms with van der Waals surface area (Å²) in [6.07, 6.45) is 6.51. The molecule has 1 aliphatic heterocycles. The van der Waals surface area contributed by atoms with Gasteiger partial charge in [0.2, 0.25) is 5.95 Å². The van der Waals surface area contributed by atoms with E-state index in [2.05, 4.69) is 25.0 Å². The lowest BCUT2D eigenvalue weighted by Crippen LogP contribution is -2.36. The normalized spacial score (nSPS) is 17.7. The quantitative estimate of drug-likeness (QED) is 0.298. The first-order valence-electron chi connectivity index (χ1n) is 13.0. The van der Waals surface area contributed by atoms with Gasteiger partial charge in [0, 0.05) is 28.7 Å². The fraction of sp³-hybridized carbons (Fsp3) is 0.393. The van der Waals surface area contributed by atoms with E-state index in [1.807, 2.05) is 25.3 Å². The Bertz CT molecular complexity index is 1480. The van der Waals surface area contributed by atoms with Gasteiger partial charge in [-0.05, 0) is 87.5 Å². The summed E-state index contributed by atoms with van der Waals surface area (Å²) in [5, 5.41) is 19.9. The monoisotopic (exact) mass is 538 g/mol. The molecule has 2 N–H and O–H groups in total. The van der Waals surface area contributed by atoms with E-state index in [1.54, 1.807) is 6.20 Å². The van der Waals surface area contributed by atoms with Crippen LogP contribution in [0.4, 0.5) is 20.4 Å². The molecule has 7 nitrogen and oxygen atoms in total. The van der Waals surface area contributed by atoms with Crippen molar-refractivity contribution in [3.05, 3.63) is 76.2 Å². The van der Waals surface area contributed by atoms with Crippen molar-refractivity contribution in [2.45, 2.75) is 50.7 Å². The second-order valence-electron chi connectivity index (χ2n) is 10.3. The van der Waals surface area contributed by atoms with Crippen LogP contribution in [-0.4, -0.2) is 49.4 Å². The van der Waals surface area contributed by atoms with Crippen molar-refractivity contribution in [1.82, 2.24) is 24.6 Å². The number of likely N-dealkylation sites (tertiary alicyclic amines) is 1. The van der Waals surface area contributed by atoms with Gasteiger partial charge < -0.3 is 15.3 Å². The van der Waals surface area contributed by atoms with Gasteiger partial charge in [0.25, 0.3) is 0 Å². The summed E-state index contributed by atoms with van der Waals surface area (Å²) in [7, 11) is 0. The molecule has 1 aliphatic carbocycles. The first-order valence-corrected chi connectivity index (χ1v) is 13.4. The van der Waals surface area contributed by atoms with E-state index in [9.17, 15) is 13.9 Å². The van der Waals surface area contributed by atoms with Gasteiger partial charge in [0.15, 0.2) is 0 Å². The molecule has 1 saturated heterocycles. The van der Waals surface area contributed by atoms with Crippen LogP contribution in [0.2, 0.25) is 5.02 Å². The SMILES string of the molecule is Cc1c(Nc2ncc3cc(Cl)c(C4CCN(C[C@H](O)c5cc(F)ccc5F)CC4)cc3n2)cnn1C1CC1. The van der Waals surface area contributed by atoms with Crippen molar-refractivity contribution in [3.8, 4) is 0 Å². The number of aliphatic hydroxyl groups excluding tert-OH is 1. The molecule has 0 radical (unpaired) electrons. The second-order valence-corrected chi connectivity index (χ2v) is 10.7. The number of halogens is 3. The molecule has 6 rings (SSSR count). The maximum absolute atomic E-state index is 14.1. The van der Waals surface area contributed by atoms with Gasteiger partial charge in [-0.1, -0.05) is 11.6 Å². The van der Waals surface area contributed by atoms with Crippen LogP contribution in [0.15, 0.2) is 42.7 Å². The van der Waals surface area contributed by atoms with E-state index >= 15 is 0 Å². The summed E-state index contributed by atoms with van der Waals surface area (Å²) in [5.41, 5.74) is 3.82. The molecule has 0 bridgehead atoms. The Kier molecular flexibility index (Phi) is 6.75. The Balaban J connectivity index is 1.14. The Morgan fingerprint density at radius 2 is 1.89 bits per heavy atom. The van der Waals surface area contributed by atoms with Crippen molar-refractivity contribution < 1.29 is 13.9 Å². The van der Waals surface area contributed by atoms with Gasteiger partial charge >= 0.3 is 0 Å². The smallest absolute Gasteiger partial charge is 0.227 e. The molecule has 0 spiro atoms. The Morgan fingerprint density at radius 3 is 2.66 bits per heavy atom. The number of piperidine rings is 1. The number of benzene rings is 2. The van der Waals surface area contributed by atoms with E-state index in [0.29, 0.717) is 30.1 Å². The van der Waals surface area contributed by atoms with Crippen LogP contribution in [-0.2, 0) is 0 Å². The number of fused-ring (bicyclic) bond motifs is 1. The van der Waals surface area contributed by atoms with Crippen LogP contribution < -0.4 is 5.32 Å². The maximum Gasteiger partial charge on any atom is 0.227 e. The van der Waals surface area contributed by atoms with Gasteiger partial charge in [-0.2, -0.15) is 5.10 Å². The van der Waals surface area contributed by atoms with Crippen molar-refractivity contribution in [1.29, 1.82) is 0 Å². The molecule has 0 unspecified atom stereocenters. The standard InChI is InChI=1S/C28H29ClF2N6O/c1-16-26(14-33-37(16)20-3-4-20)35-28-32-13-18-10-23(29)21(12-25(18)34-28)17-6-8-36(9-7-17)15-27(38)22-11-19(30)2-5-24(22)31/h2,5,10-14,17,20,27,38H,3-4,6-9,15H2,1H3,(H,32,34,35)/t27-/m0/s1. The van der Waals surface area contributed by atoms with E-state index in [4.69, 9.17) is 16.6 Å². The highest BCUT2D eigenvalue weighted by Crippen LogP contribution is 2.38. The van der Waals surface area contributed by atoms with Crippen LogP contribution in [0.1, 0.15) is 60.6 Å². The van der Waals surface area contributed by atoms with Crippen molar-refractivity contribution in [2.75, 3.05) is 25.0 Å². The molecule has 4 aromatic rings. The first-order chi connectivity index (χ1) is 18.4. The third-order valence-corrected chi connectivity index (χ3v) is 7.99. The van der Waals surface area contributed by atoms with Crippen LogP contribution in [0, 0.1) is 18.6 Å². The summed E-state index contributed by atoms with van der Waals surface area (Å²) in [6, 6.07) is 7.63. The first kappa shape index (κ1) is 25.2. The van der Waals surface area contributed by atoms with Crippen LogP contribution >= 0.6 is 11.6 Å². The number of nitrogens with one attached hydrogen (secondary N) is 1. The van der Waals surface area contributed by atoms with Crippen molar-refractivity contribution in [3.63, 3.8) is 0 Å². The summed E-state index contributed by atoms with van der Waals surface area (Å²) < 4.78 is 29.7. The summed E-state index contributed by atoms with van der Waals surface area (Å²) in [5.74, 6) is -0.413. The third-order valence-electron chi connectivity index (χ3n) is 7.66. The average molecular weight is 539 g/mol. The van der Waals surface area contributed by atoms with Crippen LogP contribution in [0.25, 0.3) is 10.9 Å². The fourth-order valence-corrected chi connectivity index (χ4v) is 5.66. The predicted molar refractivity (Wildman–Crippen MR) is 143 cm³/mol. The minimum absolute atomic E-state index is 0.0103. The Hall–Kier alpha value is -3.14. The summed E-state index contributed by atoms with van der Waals surface area (Å²) in [4.78, 5) is 11.3. The Morgan fingerprint density at radius 1 is 1.11 bits per heavy atom. The summed E-state index contributed by atoms with van der Waals surface area (Å²) >= 11 is 6.69. The van der Waals surface area contributed by atoms with Crippen molar-refractivity contribution >= 4 is 34.1 Å². The summed E-state index contributed by atoms with van der Waals surface area (Å²) in [6.45, 7) is 3.73. The molecule has 3 heterocycles. The average Bonchev–Trinajstić information content (AvgIpc) is 3.69. The molecule has 198 valence electrons. The minimum atomic E-state index is -1.09. The largest absolute Gasteiger partial charge is 0.387 e. The molecule has 0 amide bonds.